The lowest BCUT2D eigenvalue weighted by Gasteiger charge is -2.11. The average Bonchev–Trinajstić information content (AvgIpc) is 2.44. The molecule has 0 saturated heterocycles. The minimum Gasteiger partial charge on any atom is -0.280 e. The molecule has 0 amide bonds. The SMILES string of the molecule is NS(=O)(=O)Nc1cccc(NS(=O)(=O)c2ccc(C(F)(F)F)cc2)c1. The second kappa shape index (κ2) is 6.54. The summed E-state index contributed by atoms with van der Waals surface area (Å²) in [4.78, 5) is -0.384. The van der Waals surface area contributed by atoms with E-state index in [-0.39, 0.29) is 16.3 Å². The zero-order valence-corrected chi connectivity index (χ0v) is 13.9. The van der Waals surface area contributed by atoms with Gasteiger partial charge >= 0.3 is 6.18 Å². The summed E-state index contributed by atoms with van der Waals surface area (Å²) in [6.07, 6.45) is -4.58. The third-order valence-electron chi connectivity index (χ3n) is 2.87. The molecule has 12 heteroatoms. The van der Waals surface area contributed by atoms with Gasteiger partial charge in [-0.05, 0) is 42.5 Å². The topological polar surface area (TPSA) is 118 Å². The zero-order valence-electron chi connectivity index (χ0n) is 12.3. The van der Waals surface area contributed by atoms with Crippen LogP contribution in [0.4, 0.5) is 24.5 Å². The van der Waals surface area contributed by atoms with Gasteiger partial charge in [0, 0.05) is 0 Å². The molecule has 4 N–H and O–H groups in total. The maximum atomic E-state index is 12.5. The molecule has 25 heavy (non-hydrogen) atoms. The normalized spacial score (nSPS) is 12.6. The molecule has 0 bridgehead atoms. The lowest BCUT2D eigenvalue weighted by atomic mass is 10.2. The van der Waals surface area contributed by atoms with E-state index in [2.05, 4.69) is 4.72 Å². The zero-order chi connectivity index (χ0) is 18.9. The fraction of sp³-hybridized carbons (Fsp3) is 0.0769. The Balaban J connectivity index is 2.25. The number of alkyl halides is 3. The Labute approximate surface area is 141 Å². The Hall–Kier alpha value is -2.31. The quantitative estimate of drug-likeness (QED) is 0.718. The van der Waals surface area contributed by atoms with Gasteiger partial charge in [-0.15, -0.1) is 0 Å². The third kappa shape index (κ3) is 5.34. The van der Waals surface area contributed by atoms with E-state index >= 15 is 0 Å². The molecule has 0 saturated carbocycles. The number of rotatable bonds is 5. The van der Waals surface area contributed by atoms with Gasteiger partial charge in [-0.2, -0.15) is 21.6 Å². The van der Waals surface area contributed by atoms with Crippen LogP contribution in [0.2, 0.25) is 0 Å². The van der Waals surface area contributed by atoms with Crippen LogP contribution in [0.1, 0.15) is 5.56 Å². The summed E-state index contributed by atoms with van der Waals surface area (Å²) in [6, 6.07) is 8.11. The highest BCUT2D eigenvalue weighted by atomic mass is 32.2. The van der Waals surface area contributed by atoms with Crippen LogP contribution in [0.25, 0.3) is 0 Å². The maximum Gasteiger partial charge on any atom is 0.416 e. The van der Waals surface area contributed by atoms with Crippen molar-refractivity contribution in [1.82, 2.24) is 0 Å². The predicted octanol–water partition coefficient (Wildman–Crippen LogP) is 2.12. The molecule has 0 atom stereocenters. The van der Waals surface area contributed by atoms with Gasteiger partial charge in [-0.25, -0.2) is 13.6 Å². The molecule has 136 valence electrons. The molecule has 2 aromatic carbocycles. The Morgan fingerprint density at radius 2 is 1.36 bits per heavy atom. The van der Waals surface area contributed by atoms with Gasteiger partial charge in [0.15, 0.2) is 0 Å². The van der Waals surface area contributed by atoms with Crippen LogP contribution < -0.4 is 14.6 Å². The number of halogens is 3. The minimum absolute atomic E-state index is 0.00597. The molecule has 0 aromatic heterocycles. The smallest absolute Gasteiger partial charge is 0.280 e. The lowest BCUT2D eigenvalue weighted by Crippen LogP contribution is -2.21. The first-order valence-corrected chi connectivity index (χ1v) is 9.50. The van der Waals surface area contributed by atoms with E-state index in [0.29, 0.717) is 12.1 Å². The van der Waals surface area contributed by atoms with E-state index in [1.54, 1.807) is 0 Å². The summed E-state index contributed by atoms with van der Waals surface area (Å²) in [5.41, 5.74) is -0.977. The van der Waals surface area contributed by atoms with Crippen LogP contribution in [-0.2, 0) is 26.4 Å². The van der Waals surface area contributed by atoms with Gasteiger partial charge in [-0.3, -0.25) is 9.44 Å². The number of hydrogen-bond acceptors (Lipinski definition) is 4. The van der Waals surface area contributed by atoms with E-state index in [1.165, 1.54) is 18.2 Å². The number of anilines is 2. The molecule has 2 rings (SSSR count). The predicted molar refractivity (Wildman–Crippen MR) is 85.4 cm³/mol. The Morgan fingerprint density at radius 3 is 1.84 bits per heavy atom. The van der Waals surface area contributed by atoms with Gasteiger partial charge in [0.25, 0.3) is 20.2 Å². The summed E-state index contributed by atoms with van der Waals surface area (Å²) in [7, 11) is -8.20. The van der Waals surface area contributed by atoms with Crippen molar-refractivity contribution in [2.45, 2.75) is 11.1 Å². The molecule has 7 nitrogen and oxygen atoms in total. The van der Waals surface area contributed by atoms with Gasteiger partial charge in [0.2, 0.25) is 0 Å². The molecule has 2 aromatic rings. The van der Waals surface area contributed by atoms with Crippen LogP contribution in [0, 0.1) is 0 Å². The Morgan fingerprint density at radius 1 is 0.840 bits per heavy atom. The number of nitrogens with two attached hydrogens (primary N) is 1. The van der Waals surface area contributed by atoms with E-state index in [9.17, 15) is 30.0 Å². The number of nitrogens with one attached hydrogen (secondary N) is 2. The molecule has 0 unspecified atom stereocenters. The van der Waals surface area contributed by atoms with Crippen LogP contribution in [0.3, 0.4) is 0 Å². The van der Waals surface area contributed by atoms with Crippen molar-refractivity contribution in [2.75, 3.05) is 9.44 Å². The van der Waals surface area contributed by atoms with Crippen molar-refractivity contribution in [3.05, 3.63) is 54.1 Å². The lowest BCUT2D eigenvalue weighted by molar-refractivity contribution is -0.137. The molecular weight excluding hydrogens is 383 g/mol. The van der Waals surface area contributed by atoms with Gasteiger partial charge < -0.3 is 0 Å². The number of hydrogen-bond donors (Lipinski definition) is 3. The van der Waals surface area contributed by atoms with Crippen LogP contribution >= 0.6 is 0 Å². The van der Waals surface area contributed by atoms with Crippen LogP contribution in [0.5, 0.6) is 0 Å². The van der Waals surface area contributed by atoms with E-state index in [1.807, 2.05) is 4.72 Å². The molecule has 0 spiro atoms. The third-order valence-corrected chi connectivity index (χ3v) is 4.78. The van der Waals surface area contributed by atoms with Gasteiger partial charge in [0.05, 0.1) is 21.8 Å². The fourth-order valence-electron chi connectivity index (χ4n) is 1.85. The molecule has 0 radical (unpaired) electrons. The van der Waals surface area contributed by atoms with Crippen molar-refractivity contribution in [3.8, 4) is 0 Å². The maximum absolute atomic E-state index is 12.5. The van der Waals surface area contributed by atoms with Gasteiger partial charge in [-0.1, -0.05) is 6.07 Å². The fourth-order valence-corrected chi connectivity index (χ4v) is 3.35. The molecule has 0 aliphatic rings. The van der Waals surface area contributed by atoms with Crippen molar-refractivity contribution < 1.29 is 30.0 Å². The van der Waals surface area contributed by atoms with E-state index < -0.39 is 32.0 Å². The first kappa shape index (κ1) is 19.0. The second-order valence-corrected chi connectivity index (χ2v) is 7.83. The summed E-state index contributed by atoms with van der Waals surface area (Å²) in [5.74, 6) is 0. The summed E-state index contributed by atoms with van der Waals surface area (Å²) >= 11 is 0. The minimum atomic E-state index is -4.58. The van der Waals surface area contributed by atoms with Crippen LogP contribution in [0.15, 0.2) is 53.4 Å². The highest BCUT2D eigenvalue weighted by Gasteiger charge is 2.30. The average molecular weight is 395 g/mol. The number of sulfonamides is 1. The second-order valence-electron chi connectivity index (χ2n) is 4.86. The monoisotopic (exact) mass is 395 g/mol. The summed E-state index contributed by atoms with van der Waals surface area (Å²) in [6.45, 7) is 0. The molecule has 0 fully saturated rings. The summed E-state index contributed by atoms with van der Waals surface area (Å²) < 4.78 is 88.0. The molecule has 0 aliphatic heterocycles. The van der Waals surface area contributed by atoms with Crippen molar-refractivity contribution >= 4 is 31.6 Å². The van der Waals surface area contributed by atoms with Gasteiger partial charge in [0.1, 0.15) is 0 Å². The molecular formula is C13H12F3N3O4S2. The Kier molecular flexibility index (Phi) is 4.97. The molecule has 0 heterocycles. The van der Waals surface area contributed by atoms with E-state index in [0.717, 1.165) is 18.2 Å². The first-order chi connectivity index (χ1) is 11.4. The van der Waals surface area contributed by atoms with E-state index in [4.69, 9.17) is 5.14 Å². The summed E-state index contributed by atoms with van der Waals surface area (Å²) in [5, 5.41) is 4.82. The van der Waals surface area contributed by atoms with Crippen LogP contribution in [-0.4, -0.2) is 16.8 Å². The van der Waals surface area contributed by atoms with Crippen molar-refractivity contribution in [3.63, 3.8) is 0 Å². The number of benzene rings is 2. The van der Waals surface area contributed by atoms with Crippen molar-refractivity contribution in [1.29, 1.82) is 0 Å². The van der Waals surface area contributed by atoms with Crippen molar-refractivity contribution in [2.24, 2.45) is 5.14 Å². The standard InChI is InChI=1S/C13H12F3N3O4S2/c14-13(15,16)9-4-6-12(7-5-9)24(20,21)18-10-2-1-3-11(8-10)19-25(17,22)23/h1-8,18-19H,(H2,17,22,23). The highest BCUT2D eigenvalue weighted by molar-refractivity contribution is 7.92. The highest BCUT2D eigenvalue weighted by Crippen LogP contribution is 2.30. The first-order valence-electron chi connectivity index (χ1n) is 6.47. The Bertz CT molecular complexity index is 972. The largest absolute Gasteiger partial charge is 0.416 e. The molecule has 0 aliphatic carbocycles.